The maximum Gasteiger partial charge on any atom is 0.147 e. The number of anilines is 1. The highest BCUT2D eigenvalue weighted by atomic mass is 16.3. The topological polar surface area (TPSA) is 54.2 Å². The van der Waals surface area contributed by atoms with Crippen molar-refractivity contribution >= 4 is 5.82 Å². The first-order valence-electron chi connectivity index (χ1n) is 6.62. The van der Waals surface area contributed by atoms with E-state index in [0.717, 1.165) is 36.9 Å². The molecule has 2 aromatic heterocycles. The summed E-state index contributed by atoms with van der Waals surface area (Å²) >= 11 is 0. The Morgan fingerprint density at radius 3 is 2.74 bits per heavy atom. The van der Waals surface area contributed by atoms with E-state index in [4.69, 9.17) is 4.42 Å². The van der Waals surface area contributed by atoms with Gasteiger partial charge in [-0.25, -0.2) is 4.98 Å². The van der Waals surface area contributed by atoms with Crippen LogP contribution in [0.2, 0.25) is 0 Å². The average Bonchev–Trinajstić information content (AvgIpc) is 2.96. The average molecular weight is 260 g/mol. The Kier molecular flexibility index (Phi) is 4.92. The zero-order valence-corrected chi connectivity index (χ0v) is 11.5. The fraction of sp³-hybridized carbons (Fsp3) is 0.429. The number of nitrogens with zero attached hydrogens (tertiary/aromatic N) is 3. The van der Waals surface area contributed by atoms with E-state index in [1.165, 1.54) is 0 Å². The van der Waals surface area contributed by atoms with Crippen molar-refractivity contribution in [3.8, 4) is 0 Å². The second-order valence-electron chi connectivity index (χ2n) is 4.24. The molecule has 2 aromatic rings. The van der Waals surface area contributed by atoms with E-state index >= 15 is 0 Å². The normalized spacial score (nSPS) is 10.6. The summed E-state index contributed by atoms with van der Waals surface area (Å²) in [5, 5.41) is 3.23. The van der Waals surface area contributed by atoms with Crippen LogP contribution in [-0.2, 0) is 13.1 Å². The van der Waals surface area contributed by atoms with Crippen molar-refractivity contribution in [1.82, 2.24) is 15.3 Å². The molecule has 0 radical (unpaired) electrons. The standard InChI is InChI=1S/C14H20N4O/c1-3-15-8-12-9-17-14(10-16-12)18(4-2)11-13-6-5-7-19-13/h5-7,9-10,15H,3-4,8,11H2,1-2H3. The molecule has 5 heteroatoms. The Morgan fingerprint density at radius 2 is 2.16 bits per heavy atom. The summed E-state index contributed by atoms with van der Waals surface area (Å²) in [4.78, 5) is 11.0. The number of aromatic nitrogens is 2. The van der Waals surface area contributed by atoms with Crippen LogP contribution in [0, 0.1) is 0 Å². The van der Waals surface area contributed by atoms with Gasteiger partial charge in [0.2, 0.25) is 0 Å². The molecular formula is C14H20N4O. The van der Waals surface area contributed by atoms with Gasteiger partial charge in [0.25, 0.3) is 0 Å². The maximum atomic E-state index is 5.36. The Bertz CT molecular complexity index is 467. The third-order valence-corrected chi connectivity index (χ3v) is 2.88. The molecule has 19 heavy (non-hydrogen) atoms. The number of nitrogens with one attached hydrogen (secondary N) is 1. The molecule has 0 saturated carbocycles. The van der Waals surface area contributed by atoms with Crippen LogP contribution in [0.5, 0.6) is 0 Å². The van der Waals surface area contributed by atoms with Gasteiger partial charge >= 0.3 is 0 Å². The van der Waals surface area contributed by atoms with Crippen LogP contribution < -0.4 is 10.2 Å². The van der Waals surface area contributed by atoms with Crippen LogP contribution in [0.3, 0.4) is 0 Å². The molecule has 2 heterocycles. The molecule has 0 atom stereocenters. The molecule has 0 aliphatic heterocycles. The quantitative estimate of drug-likeness (QED) is 0.827. The van der Waals surface area contributed by atoms with Gasteiger partial charge in [0.05, 0.1) is 30.9 Å². The molecule has 0 saturated heterocycles. The van der Waals surface area contributed by atoms with Crippen molar-refractivity contribution in [3.05, 3.63) is 42.2 Å². The largest absolute Gasteiger partial charge is 0.467 e. The predicted octanol–water partition coefficient (Wildman–Crippen LogP) is 2.21. The van der Waals surface area contributed by atoms with Gasteiger partial charge in [0.1, 0.15) is 11.6 Å². The van der Waals surface area contributed by atoms with Crippen LogP contribution in [0.15, 0.2) is 35.2 Å². The van der Waals surface area contributed by atoms with Crippen molar-refractivity contribution < 1.29 is 4.42 Å². The summed E-state index contributed by atoms with van der Waals surface area (Å²) in [7, 11) is 0. The lowest BCUT2D eigenvalue weighted by atomic mass is 10.3. The highest BCUT2D eigenvalue weighted by molar-refractivity contribution is 5.36. The van der Waals surface area contributed by atoms with E-state index in [9.17, 15) is 0 Å². The van der Waals surface area contributed by atoms with Gasteiger partial charge in [-0.3, -0.25) is 4.98 Å². The molecule has 0 aromatic carbocycles. The summed E-state index contributed by atoms with van der Waals surface area (Å²) in [6.45, 7) is 7.44. The highest BCUT2D eigenvalue weighted by Crippen LogP contribution is 2.13. The van der Waals surface area contributed by atoms with Crippen molar-refractivity contribution in [2.45, 2.75) is 26.9 Å². The Labute approximate surface area is 113 Å². The van der Waals surface area contributed by atoms with Crippen molar-refractivity contribution in [2.24, 2.45) is 0 Å². The summed E-state index contributed by atoms with van der Waals surface area (Å²) in [6, 6.07) is 3.87. The zero-order chi connectivity index (χ0) is 13.5. The molecule has 5 nitrogen and oxygen atoms in total. The minimum atomic E-state index is 0.713. The van der Waals surface area contributed by atoms with Gasteiger partial charge < -0.3 is 14.6 Å². The molecule has 0 aliphatic rings. The second kappa shape index (κ2) is 6.89. The molecule has 2 rings (SSSR count). The first kappa shape index (κ1) is 13.5. The van der Waals surface area contributed by atoms with Crippen molar-refractivity contribution in [3.63, 3.8) is 0 Å². The third-order valence-electron chi connectivity index (χ3n) is 2.88. The smallest absolute Gasteiger partial charge is 0.147 e. The monoisotopic (exact) mass is 260 g/mol. The molecule has 102 valence electrons. The van der Waals surface area contributed by atoms with E-state index in [0.29, 0.717) is 6.54 Å². The van der Waals surface area contributed by atoms with Crippen LogP contribution >= 0.6 is 0 Å². The Morgan fingerprint density at radius 1 is 1.26 bits per heavy atom. The summed E-state index contributed by atoms with van der Waals surface area (Å²) in [6.07, 6.45) is 5.33. The lowest BCUT2D eigenvalue weighted by molar-refractivity contribution is 0.502. The number of rotatable bonds is 7. The summed E-state index contributed by atoms with van der Waals surface area (Å²) in [5.41, 5.74) is 0.958. The predicted molar refractivity (Wildman–Crippen MR) is 74.8 cm³/mol. The number of hydrogen-bond acceptors (Lipinski definition) is 5. The fourth-order valence-electron chi connectivity index (χ4n) is 1.80. The molecule has 0 spiro atoms. The van der Waals surface area contributed by atoms with Gasteiger partial charge in [0, 0.05) is 13.1 Å². The van der Waals surface area contributed by atoms with Crippen LogP contribution in [0.4, 0.5) is 5.82 Å². The summed E-state index contributed by atoms with van der Waals surface area (Å²) < 4.78 is 5.36. The molecule has 0 fully saturated rings. The second-order valence-corrected chi connectivity index (χ2v) is 4.24. The van der Waals surface area contributed by atoms with E-state index in [1.54, 1.807) is 6.26 Å². The van der Waals surface area contributed by atoms with E-state index in [1.807, 2.05) is 24.5 Å². The fourth-order valence-corrected chi connectivity index (χ4v) is 1.80. The van der Waals surface area contributed by atoms with Crippen LogP contribution in [-0.4, -0.2) is 23.1 Å². The van der Waals surface area contributed by atoms with Crippen LogP contribution in [0.1, 0.15) is 25.3 Å². The van der Waals surface area contributed by atoms with Gasteiger partial charge in [-0.1, -0.05) is 6.92 Å². The molecule has 0 unspecified atom stereocenters. The molecule has 0 bridgehead atoms. The van der Waals surface area contributed by atoms with E-state index in [-0.39, 0.29) is 0 Å². The highest BCUT2D eigenvalue weighted by Gasteiger charge is 2.08. The maximum absolute atomic E-state index is 5.36. The SMILES string of the molecule is CCNCc1cnc(N(CC)Cc2ccco2)cn1. The van der Waals surface area contributed by atoms with Gasteiger partial charge in [-0.15, -0.1) is 0 Å². The first-order chi connectivity index (χ1) is 9.33. The molecule has 0 aliphatic carbocycles. The lowest BCUT2D eigenvalue weighted by Gasteiger charge is -2.20. The van der Waals surface area contributed by atoms with Crippen molar-refractivity contribution in [2.75, 3.05) is 18.0 Å². The minimum absolute atomic E-state index is 0.713. The third kappa shape index (κ3) is 3.79. The molecular weight excluding hydrogens is 240 g/mol. The number of hydrogen-bond donors (Lipinski definition) is 1. The minimum Gasteiger partial charge on any atom is -0.467 e. The Hall–Kier alpha value is -1.88. The molecule has 0 amide bonds. The van der Waals surface area contributed by atoms with Crippen LogP contribution in [0.25, 0.3) is 0 Å². The Balaban J connectivity index is 2.02. The van der Waals surface area contributed by atoms with Gasteiger partial charge in [-0.05, 0) is 25.6 Å². The van der Waals surface area contributed by atoms with Crippen molar-refractivity contribution in [1.29, 1.82) is 0 Å². The summed E-state index contributed by atoms with van der Waals surface area (Å²) in [5.74, 6) is 1.81. The number of furan rings is 1. The van der Waals surface area contributed by atoms with E-state index < -0.39 is 0 Å². The first-order valence-corrected chi connectivity index (χ1v) is 6.62. The van der Waals surface area contributed by atoms with Gasteiger partial charge in [0.15, 0.2) is 0 Å². The lowest BCUT2D eigenvalue weighted by Crippen LogP contribution is -2.23. The van der Waals surface area contributed by atoms with E-state index in [2.05, 4.69) is 34.0 Å². The molecule has 1 N–H and O–H groups in total. The zero-order valence-electron chi connectivity index (χ0n) is 11.5. The van der Waals surface area contributed by atoms with Gasteiger partial charge in [-0.2, -0.15) is 0 Å².